The minimum Gasteiger partial charge on any atom is -0.384 e. The van der Waals surface area contributed by atoms with Gasteiger partial charge in [0.15, 0.2) is 0 Å². The van der Waals surface area contributed by atoms with Crippen molar-refractivity contribution in [3.8, 4) is 11.1 Å². The van der Waals surface area contributed by atoms with Crippen molar-refractivity contribution in [2.24, 2.45) is 7.05 Å². The first-order valence-electron chi connectivity index (χ1n) is 4.84. The molecule has 3 N–H and O–H groups in total. The fourth-order valence-electron chi connectivity index (χ4n) is 1.72. The summed E-state index contributed by atoms with van der Waals surface area (Å²) in [5.41, 5.74) is 9.51. The number of nitrogens with one attached hydrogen (secondary N) is 1. The molecule has 0 atom stereocenters. The summed E-state index contributed by atoms with van der Waals surface area (Å²) in [5, 5.41) is 14.6. The number of aromatic amines is 1. The molecule has 0 unspecified atom stereocenters. The first kappa shape index (κ1) is 8.90. The minimum atomic E-state index is 0.564. The highest BCUT2D eigenvalue weighted by Crippen LogP contribution is 2.26. The third kappa shape index (κ3) is 1.16. The van der Waals surface area contributed by atoms with Crippen molar-refractivity contribution in [2.75, 3.05) is 5.73 Å². The molecule has 0 aliphatic heterocycles. The highest BCUT2D eigenvalue weighted by molar-refractivity contribution is 5.84. The van der Waals surface area contributed by atoms with Gasteiger partial charge in [-0.05, 0) is 17.7 Å². The number of anilines is 1. The van der Waals surface area contributed by atoms with Crippen LogP contribution in [0.15, 0.2) is 24.4 Å². The van der Waals surface area contributed by atoms with Crippen molar-refractivity contribution >= 4 is 16.9 Å². The summed E-state index contributed by atoms with van der Waals surface area (Å²) in [4.78, 5) is 0. The molecule has 0 aliphatic rings. The third-order valence-electron chi connectivity index (χ3n) is 2.59. The van der Waals surface area contributed by atoms with E-state index in [1.807, 2.05) is 25.2 Å². The van der Waals surface area contributed by atoms with E-state index in [4.69, 9.17) is 5.73 Å². The van der Waals surface area contributed by atoms with Gasteiger partial charge in [-0.3, -0.25) is 5.10 Å². The first-order chi connectivity index (χ1) is 7.75. The Morgan fingerprint density at radius 1 is 1.38 bits per heavy atom. The van der Waals surface area contributed by atoms with Gasteiger partial charge in [-0.2, -0.15) is 5.10 Å². The van der Waals surface area contributed by atoms with Crippen LogP contribution in [0.5, 0.6) is 0 Å². The highest BCUT2D eigenvalue weighted by atomic mass is 15.4. The van der Waals surface area contributed by atoms with Gasteiger partial charge in [0.2, 0.25) is 0 Å². The van der Waals surface area contributed by atoms with Gasteiger partial charge in [0.25, 0.3) is 0 Å². The molecule has 6 heteroatoms. The van der Waals surface area contributed by atoms with Gasteiger partial charge in [-0.25, -0.2) is 4.68 Å². The monoisotopic (exact) mass is 214 g/mol. The topological polar surface area (TPSA) is 85.4 Å². The second-order valence-electron chi connectivity index (χ2n) is 3.61. The molecule has 0 aliphatic carbocycles. The second-order valence-corrected chi connectivity index (χ2v) is 3.61. The quantitative estimate of drug-likeness (QED) is 0.631. The number of fused-ring (bicyclic) bond motifs is 1. The van der Waals surface area contributed by atoms with Crippen molar-refractivity contribution in [3.05, 3.63) is 24.4 Å². The summed E-state index contributed by atoms with van der Waals surface area (Å²) in [6.45, 7) is 0. The molecule has 0 radical (unpaired) electrons. The molecule has 6 nitrogen and oxygen atoms in total. The number of nitrogens with zero attached hydrogens (tertiary/aromatic N) is 4. The van der Waals surface area contributed by atoms with Crippen molar-refractivity contribution in [1.82, 2.24) is 25.2 Å². The predicted octanol–water partition coefficient (Wildman–Crippen LogP) is 0.941. The third-order valence-corrected chi connectivity index (χ3v) is 2.59. The Labute approximate surface area is 91.1 Å². The van der Waals surface area contributed by atoms with Gasteiger partial charge >= 0.3 is 0 Å². The van der Waals surface area contributed by atoms with Crippen LogP contribution < -0.4 is 5.73 Å². The van der Waals surface area contributed by atoms with Crippen LogP contribution >= 0.6 is 0 Å². The lowest BCUT2D eigenvalue weighted by Gasteiger charge is -1.99. The largest absolute Gasteiger partial charge is 0.384 e. The maximum Gasteiger partial charge on any atom is 0.126 e. The smallest absolute Gasteiger partial charge is 0.126 e. The Morgan fingerprint density at radius 3 is 3.00 bits per heavy atom. The maximum atomic E-state index is 5.77. The molecule has 0 fully saturated rings. The van der Waals surface area contributed by atoms with E-state index < -0.39 is 0 Å². The lowest BCUT2D eigenvalue weighted by molar-refractivity contribution is 0.736. The van der Waals surface area contributed by atoms with E-state index in [1.54, 1.807) is 10.9 Å². The average molecular weight is 214 g/mol. The summed E-state index contributed by atoms with van der Waals surface area (Å²) in [6.07, 6.45) is 1.71. The molecular formula is C10H10N6. The van der Waals surface area contributed by atoms with Crippen LogP contribution in [0.25, 0.3) is 22.2 Å². The second kappa shape index (κ2) is 3.06. The fraction of sp³-hybridized carbons (Fsp3) is 0.100. The molecule has 80 valence electrons. The van der Waals surface area contributed by atoms with E-state index in [1.165, 1.54) is 0 Å². The lowest BCUT2D eigenvalue weighted by Crippen LogP contribution is -1.90. The molecule has 0 spiro atoms. The zero-order valence-corrected chi connectivity index (χ0v) is 8.68. The number of H-pyrrole nitrogens is 1. The van der Waals surface area contributed by atoms with Gasteiger partial charge in [-0.1, -0.05) is 11.3 Å². The van der Waals surface area contributed by atoms with Crippen LogP contribution in [0.2, 0.25) is 0 Å². The van der Waals surface area contributed by atoms with Gasteiger partial charge in [-0.15, -0.1) is 5.10 Å². The predicted molar refractivity (Wildman–Crippen MR) is 60.5 cm³/mol. The van der Waals surface area contributed by atoms with E-state index >= 15 is 0 Å². The van der Waals surface area contributed by atoms with Crippen LogP contribution in [0.3, 0.4) is 0 Å². The molecule has 0 bridgehead atoms. The van der Waals surface area contributed by atoms with E-state index in [9.17, 15) is 0 Å². The zero-order valence-electron chi connectivity index (χ0n) is 8.68. The Bertz CT molecular complexity index is 650. The number of aromatic nitrogens is 5. The summed E-state index contributed by atoms with van der Waals surface area (Å²) >= 11 is 0. The molecule has 1 aromatic carbocycles. The Morgan fingerprint density at radius 2 is 2.25 bits per heavy atom. The van der Waals surface area contributed by atoms with Crippen LogP contribution in [0.1, 0.15) is 0 Å². The van der Waals surface area contributed by atoms with Crippen LogP contribution in [0.4, 0.5) is 5.82 Å². The summed E-state index contributed by atoms with van der Waals surface area (Å²) < 4.78 is 1.73. The number of hydrogen-bond acceptors (Lipinski definition) is 4. The van der Waals surface area contributed by atoms with Crippen LogP contribution in [-0.2, 0) is 7.05 Å². The molecule has 16 heavy (non-hydrogen) atoms. The van der Waals surface area contributed by atoms with Crippen LogP contribution in [-0.4, -0.2) is 25.2 Å². The Kier molecular flexibility index (Phi) is 1.70. The van der Waals surface area contributed by atoms with Crippen molar-refractivity contribution in [2.45, 2.75) is 0 Å². The molecule has 0 saturated carbocycles. The number of benzene rings is 1. The van der Waals surface area contributed by atoms with Crippen molar-refractivity contribution < 1.29 is 0 Å². The number of nitrogens with two attached hydrogens (primary N) is 1. The maximum absolute atomic E-state index is 5.77. The lowest BCUT2D eigenvalue weighted by atomic mass is 10.1. The Balaban J connectivity index is 2.25. The molecule has 0 amide bonds. The van der Waals surface area contributed by atoms with Gasteiger partial charge in [0, 0.05) is 12.6 Å². The number of nitrogen functional groups attached to an aromatic ring is 1. The number of aryl methyl sites for hydroxylation is 1. The van der Waals surface area contributed by atoms with E-state index in [-0.39, 0.29) is 0 Å². The normalized spacial score (nSPS) is 11.1. The van der Waals surface area contributed by atoms with E-state index in [0.29, 0.717) is 5.82 Å². The molecule has 2 heterocycles. The van der Waals surface area contributed by atoms with Gasteiger partial charge < -0.3 is 5.73 Å². The molecular weight excluding hydrogens is 204 g/mol. The fourth-order valence-corrected chi connectivity index (χ4v) is 1.72. The standard InChI is InChI=1S/C10H10N6/c1-16-9-4-6(2-3-8(9)13-15-16)7-5-12-14-10(7)11/h2-5H,1H3,(H3,11,12,14). The van der Waals surface area contributed by atoms with E-state index in [0.717, 1.165) is 22.2 Å². The minimum absolute atomic E-state index is 0.564. The molecule has 3 rings (SSSR count). The number of rotatable bonds is 1. The molecule has 2 aromatic heterocycles. The van der Waals surface area contributed by atoms with Gasteiger partial charge in [0.1, 0.15) is 11.3 Å². The SMILES string of the molecule is Cn1nnc2ccc(-c3cn[nH]c3N)cc21. The summed E-state index contributed by atoms with van der Waals surface area (Å²) in [6, 6.07) is 5.87. The van der Waals surface area contributed by atoms with Crippen molar-refractivity contribution in [1.29, 1.82) is 0 Å². The van der Waals surface area contributed by atoms with Crippen molar-refractivity contribution in [3.63, 3.8) is 0 Å². The van der Waals surface area contributed by atoms with E-state index in [2.05, 4.69) is 20.5 Å². The van der Waals surface area contributed by atoms with Gasteiger partial charge in [0.05, 0.1) is 11.7 Å². The van der Waals surface area contributed by atoms with Crippen LogP contribution in [0, 0.1) is 0 Å². The molecule has 0 saturated heterocycles. The summed E-state index contributed by atoms with van der Waals surface area (Å²) in [7, 11) is 1.86. The summed E-state index contributed by atoms with van der Waals surface area (Å²) in [5.74, 6) is 0.564. The highest BCUT2D eigenvalue weighted by Gasteiger charge is 2.07. The average Bonchev–Trinajstić information content (AvgIpc) is 2.86. The first-order valence-corrected chi connectivity index (χ1v) is 4.84. The Hall–Kier alpha value is -2.37. The number of hydrogen-bond donors (Lipinski definition) is 2. The zero-order chi connectivity index (χ0) is 11.1. The molecule has 3 aromatic rings.